The van der Waals surface area contributed by atoms with Gasteiger partial charge in [0.2, 0.25) is 0 Å². The van der Waals surface area contributed by atoms with E-state index in [9.17, 15) is 0 Å². The smallest absolute Gasteiger partial charge is 0.188 e. The van der Waals surface area contributed by atoms with Gasteiger partial charge in [0, 0.05) is 61.1 Å². The first-order valence-corrected chi connectivity index (χ1v) is 23.4. The number of hydrogen-bond donors (Lipinski definition) is 4. The molecule has 4 heterocycles. The fraction of sp³-hybridized carbons (Fsp3) is 0. The monoisotopic (exact) mass is 930 g/mol. The van der Waals surface area contributed by atoms with Crippen LogP contribution in [0.1, 0.15) is 0 Å². The Bertz CT molecular complexity index is 2820. The summed E-state index contributed by atoms with van der Waals surface area (Å²) < 4.78 is 1.00. The number of benzene rings is 6. The Kier molecular flexibility index (Phi) is 12.6. The first-order chi connectivity index (χ1) is 30.1. The zero-order valence-corrected chi connectivity index (χ0v) is 37.0. The first kappa shape index (κ1) is 40.0. The zero-order valence-electron chi connectivity index (χ0n) is 32.2. The Morgan fingerprint density at radius 1 is 0.328 bits per heavy atom. The molecule has 0 atom stereocenters. The van der Waals surface area contributed by atoms with Crippen LogP contribution >= 0.6 is 61.3 Å². The summed E-state index contributed by atoms with van der Waals surface area (Å²) in [5, 5.41) is 23.1. The molecular weight excluding hydrogens is 897 g/mol. The van der Waals surface area contributed by atoms with E-state index in [4.69, 9.17) is 19.9 Å². The van der Waals surface area contributed by atoms with Crippen molar-refractivity contribution in [3.05, 3.63) is 190 Å². The summed E-state index contributed by atoms with van der Waals surface area (Å²) in [7, 11) is 0. The second-order valence-corrected chi connectivity index (χ2v) is 18.3. The molecule has 13 heteroatoms. The molecule has 0 fully saturated rings. The summed E-state index contributed by atoms with van der Waals surface area (Å²) in [5.41, 5.74) is 12.3. The van der Waals surface area contributed by atoms with E-state index < -0.39 is 0 Å². The van der Waals surface area contributed by atoms with Crippen LogP contribution in [0.25, 0.3) is 45.0 Å². The van der Waals surface area contributed by atoms with Gasteiger partial charge in [0.25, 0.3) is 0 Å². The number of aromatic nitrogens is 4. The molecule has 0 aliphatic rings. The van der Waals surface area contributed by atoms with Crippen molar-refractivity contribution >= 4 is 105 Å². The summed E-state index contributed by atoms with van der Waals surface area (Å²) in [5.74, 6) is 0. The quantitative estimate of drug-likeness (QED) is 0.0961. The Hall–Kier alpha value is -6.48. The second kappa shape index (κ2) is 19.3. The lowest BCUT2D eigenvalue weighted by molar-refractivity contribution is 1.36. The van der Waals surface area contributed by atoms with Gasteiger partial charge in [0.05, 0.1) is 26.6 Å². The minimum absolute atomic E-state index is 0.855. The van der Waals surface area contributed by atoms with Crippen molar-refractivity contribution in [3.63, 3.8) is 0 Å². The van der Waals surface area contributed by atoms with Gasteiger partial charge in [-0.05, 0) is 64.5 Å². The minimum atomic E-state index is 0.855. The highest BCUT2D eigenvalue weighted by atomic mass is 79.9. The van der Waals surface area contributed by atoms with Crippen LogP contribution in [-0.4, -0.2) is 19.9 Å². The van der Waals surface area contributed by atoms with Gasteiger partial charge < -0.3 is 21.3 Å². The molecule has 10 aromatic rings. The number of halogens is 1. The Morgan fingerprint density at radius 3 is 0.951 bits per heavy atom. The highest BCUT2D eigenvalue weighted by molar-refractivity contribution is 9.11. The van der Waals surface area contributed by atoms with Crippen molar-refractivity contribution in [1.82, 2.24) is 19.9 Å². The van der Waals surface area contributed by atoms with E-state index in [1.165, 1.54) is 0 Å². The molecule has 0 spiro atoms. The second-order valence-electron chi connectivity index (χ2n) is 13.4. The molecule has 0 bridgehead atoms. The van der Waals surface area contributed by atoms with Gasteiger partial charge in [0.15, 0.2) is 20.5 Å². The third kappa shape index (κ3) is 10.5. The van der Waals surface area contributed by atoms with Gasteiger partial charge >= 0.3 is 0 Å². The Balaban J connectivity index is 0.000000156. The summed E-state index contributed by atoms with van der Waals surface area (Å²) >= 11 is 10.1. The molecule has 0 radical (unpaired) electrons. The van der Waals surface area contributed by atoms with E-state index in [2.05, 4.69) is 102 Å². The van der Waals surface area contributed by atoms with Crippen molar-refractivity contribution in [2.45, 2.75) is 0 Å². The topological polar surface area (TPSA) is 99.7 Å². The molecule has 0 amide bonds. The zero-order chi connectivity index (χ0) is 41.2. The van der Waals surface area contributed by atoms with Gasteiger partial charge in [-0.25, -0.2) is 19.9 Å². The number of para-hydroxylation sites is 4. The molecule has 4 N–H and O–H groups in total. The normalized spacial score (nSPS) is 10.7. The summed E-state index contributed by atoms with van der Waals surface area (Å²) in [6.45, 7) is 0. The number of hydrogen-bond acceptors (Lipinski definition) is 12. The van der Waals surface area contributed by atoms with Crippen LogP contribution < -0.4 is 21.3 Å². The van der Waals surface area contributed by atoms with Crippen molar-refractivity contribution < 1.29 is 0 Å². The molecule has 10 rings (SSSR count). The number of nitrogens with zero attached hydrogens (tertiary/aromatic N) is 4. The predicted octanol–water partition coefficient (Wildman–Crippen LogP) is 15.6. The lowest BCUT2D eigenvalue weighted by Gasteiger charge is -2.02. The lowest BCUT2D eigenvalue weighted by Crippen LogP contribution is -1.89. The van der Waals surface area contributed by atoms with Gasteiger partial charge in [-0.15, -0.1) is 34.0 Å². The Morgan fingerprint density at radius 2 is 0.623 bits per heavy atom. The molecule has 0 unspecified atom stereocenters. The molecule has 8 nitrogen and oxygen atoms in total. The molecular formula is C48H35BrN8S4. The maximum absolute atomic E-state index is 4.77. The molecule has 0 aliphatic carbocycles. The van der Waals surface area contributed by atoms with Crippen LogP contribution in [-0.2, 0) is 0 Å². The van der Waals surface area contributed by atoms with E-state index in [1.807, 2.05) is 121 Å². The lowest BCUT2D eigenvalue weighted by atomic mass is 10.1. The third-order valence-corrected chi connectivity index (χ3v) is 13.0. The minimum Gasteiger partial charge on any atom is -0.332 e. The number of rotatable bonds is 12. The van der Waals surface area contributed by atoms with E-state index in [0.29, 0.717) is 0 Å². The number of nitrogens with one attached hydrogen (secondary N) is 4. The van der Waals surface area contributed by atoms with Gasteiger partial charge in [0.1, 0.15) is 0 Å². The van der Waals surface area contributed by atoms with Gasteiger partial charge in [-0.1, -0.05) is 133 Å². The van der Waals surface area contributed by atoms with Crippen LogP contribution in [0.4, 0.5) is 43.3 Å². The van der Waals surface area contributed by atoms with Crippen LogP contribution in [0.5, 0.6) is 0 Å². The van der Waals surface area contributed by atoms with E-state index >= 15 is 0 Å². The van der Waals surface area contributed by atoms with E-state index in [1.54, 1.807) is 45.3 Å². The molecule has 0 aliphatic heterocycles. The van der Waals surface area contributed by atoms with Gasteiger partial charge in [-0.3, -0.25) is 0 Å². The average molecular weight is 932 g/mol. The third-order valence-electron chi connectivity index (χ3n) is 9.13. The predicted molar refractivity (Wildman–Crippen MR) is 264 cm³/mol. The van der Waals surface area contributed by atoms with Crippen molar-refractivity contribution in [2.24, 2.45) is 0 Å². The fourth-order valence-corrected chi connectivity index (χ4v) is 9.85. The van der Waals surface area contributed by atoms with E-state index in [-0.39, 0.29) is 0 Å². The van der Waals surface area contributed by atoms with Crippen molar-refractivity contribution in [2.75, 3.05) is 21.3 Å². The van der Waals surface area contributed by atoms with Crippen LogP contribution in [0.15, 0.2) is 190 Å². The maximum Gasteiger partial charge on any atom is 0.188 e. The van der Waals surface area contributed by atoms with Gasteiger partial charge in [-0.2, -0.15) is 0 Å². The highest BCUT2D eigenvalue weighted by Crippen LogP contribution is 2.38. The molecule has 6 aromatic carbocycles. The number of anilines is 8. The molecule has 4 aromatic heterocycles. The highest BCUT2D eigenvalue weighted by Gasteiger charge is 2.13. The van der Waals surface area contributed by atoms with Crippen molar-refractivity contribution in [1.29, 1.82) is 0 Å². The first-order valence-electron chi connectivity index (χ1n) is 19.1. The largest absolute Gasteiger partial charge is 0.332 e. The summed E-state index contributed by atoms with van der Waals surface area (Å²) in [6, 6.07) is 57.1. The van der Waals surface area contributed by atoms with Crippen LogP contribution in [0.3, 0.4) is 0 Å². The standard InChI is InChI=1S/C24H17BrN4S2.C24H18N4S2/c25-22-21(29-24(31-22)27-19-9-5-2-6-10-19)17-13-11-16(12-14-17)20-15-30-23(28-20)26-18-7-3-1-4-8-18;1-3-7-19(8-4-1)25-23-27-21(15-29-23)17-11-13-18(14-12-17)22-16-30-24(28-22)26-20-9-5-2-6-10-20/h1-15H,(H,26,28)(H,27,29);1-16H,(H,25,27)(H,26,28). The Labute approximate surface area is 377 Å². The van der Waals surface area contributed by atoms with E-state index in [0.717, 1.165) is 92.1 Å². The number of thiazole rings is 4. The fourth-order valence-electron chi connectivity index (χ4n) is 6.11. The molecule has 0 saturated heterocycles. The van der Waals surface area contributed by atoms with Crippen molar-refractivity contribution in [3.8, 4) is 45.0 Å². The molecule has 298 valence electrons. The summed E-state index contributed by atoms with van der Waals surface area (Å²) in [4.78, 5) is 18.9. The average Bonchev–Trinajstić information content (AvgIpc) is 4.15. The SMILES string of the molecule is Brc1sc(Nc2ccccc2)nc1-c1ccc(-c2csc(Nc3ccccc3)n2)cc1.c1ccc(Nc2nc(-c3ccc(-c4csc(Nc5ccccc5)n4)cc3)cs2)cc1. The molecule has 0 saturated carbocycles. The van der Waals surface area contributed by atoms with Crippen LogP contribution in [0.2, 0.25) is 0 Å². The maximum atomic E-state index is 4.77. The van der Waals surface area contributed by atoms with Crippen LogP contribution in [0, 0.1) is 0 Å². The molecule has 61 heavy (non-hydrogen) atoms. The summed E-state index contributed by atoms with van der Waals surface area (Å²) in [6.07, 6.45) is 0.